The first-order chi connectivity index (χ1) is 9.99. The highest BCUT2D eigenvalue weighted by Crippen LogP contribution is 2.37. The van der Waals surface area contributed by atoms with Crippen molar-refractivity contribution >= 4 is 12.4 Å². The number of benzene rings is 1. The summed E-state index contributed by atoms with van der Waals surface area (Å²) in [5.41, 5.74) is 1.32. The van der Waals surface area contributed by atoms with Crippen molar-refractivity contribution in [1.29, 1.82) is 0 Å². The molecule has 0 aliphatic carbocycles. The fourth-order valence-corrected chi connectivity index (χ4v) is 2.82. The highest BCUT2D eigenvalue weighted by molar-refractivity contribution is 5.85. The molecule has 0 radical (unpaired) electrons. The van der Waals surface area contributed by atoms with Gasteiger partial charge in [0.05, 0.1) is 7.11 Å². The standard InChI is InChI=1S/C15H22F2N2O2.ClH/c1-11-9-12(3-4-13(11)21-2)14(15(16,17)10-20)19-7-5-18-6-8-19;/h3-4,9,14,18,20H,5-8,10H2,1-2H3;1H/t14-;/m0./s1. The van der Waals surface area contributed by atoms with Gasteiger partial charge in [-0.25, -0.2) is 8.78 Å². The van der Waals surface area contributed by atoms with Gasteiger partial charge in [0.1, 0.15) is 18.4 Å². The van der Waals surface area contributed by atoms with E-state index in [9.17, 15) is 8.78 Å². The van der Waals surface area contributed by atoms with E-state index < -0.39 is 18.6 Å². The summed E-state index contributed by atoms with van der Waals surface area (Å²) >= 11 is 0. The molecule has 4 nitrogen and oxygen atoms in total. The van der Waals surface area contributed by atoms with Gasteiger partial charge in [0, 0.05) is 26.2 Å². The number of halogens is 3. The molecule has 1 aliphatic rings. The van der Waals surface area contributed by atoms with Crippen molar-refractivity contribution in [3.63, 3.8) is 0 Å². The van der Waals surface area contributed by atoms with Crippen LogP contribution in [0, 0.1) is 6.92 Å². The van der Waals surface area contributed by atoms with Crippen LogP contribution in [-0.4, -0.2) is 55.8 Å². The predicted molar refractivity (Wildman–Crippen MR) is 84.2 cm³/mol. The van der Waals surface area contributed by atoms with Gasteiger partial charge in [-0.1, -0.05) is 12.1 Å². The number of rotatable bonds is 5. The van der Waals surface area contributed by atoms with Crippen molar-refractivity contribution < 1.29 is 18.6 Å². The van der Waals surface area contributed by atoms with Gasteiger partial charge in [-0.2, -0.15) is 0 Å². The van der Waals surface area contributed by atoms with Gasteiger partial charge in [0.2, 0.25) is 0 Å². The van der Waals surface area contributed by atoms with Crippen LogP contribution in [0.25, 0.3) is 0 Å². The molecule has 1 atom stereocenters. The molecule has 1 aliphatic heterocycles. The van der Waals surface area contributed by atoms with Crippen LogP contribution in [0.3, 0.4) is 0 Å². The largest absolute Gasteiger partial charge is 0.496 e. The smallest absolute Gasteiger partial charge is 0.289 e. The molecule has 7 heteroatoms. The number of aliphatic hydroxyl groups excluding tert-OH is 1. The molecule has 1 heterocycles. The number of nitrogens with zero attached hydrogens (tertiary/aromatic N) is 1. The lowest BCUT2D eigenvalue weighted by Gasteiger charge is -2.39. The molecule has 0 aromatic heterocycles. The Morgan fingerprint density at radius 2 is 2.00 bits per heavy atom. The van der Waals surface area contributed by atoms with E-state index in [4.69, 9.17) is 9.84 Å². The van der Waals surface area contributed by atoms with Crippen LogP contribution >= 0.6 is 12.4 Å². The number of piperazine rings is 1. The van der Waals surface area contributed by atoms with E-state index in [2.05, 4.69) is 5.32 Å². The lowest BCUT2D eigenvalue weighted by atomic mass is 9.96. The molecule has 22 heavy (non-hydrogen) atoms. The quantitative estimate of drug-likeness (QED) is 0.863. The lowest BCUT2D eigenvalue weighted by Crippen LogP contribution is -2.51. The van der Waals surface area contributed by atoms with Gasteiger partial charge in [0.15, 0.2) is 0 Å². The van der Waals surface area contributed by atoms with Crippen molar-refractivity contribution in [1.82, 2.24) is 10.2 Å². The summed E-state index contributed by atoms with van der Waals surface area (Å²) in [5.74, 6) is -2.51. The van der Waals surface area contributed by atoms with Crippen molar-refractivity contribution in [3.05, 3.63) is 29.3 Å². The highest BCUT2D eigenvalue weighted by atomic mass is 35.5. The minimum absolute atomic E-state index is 0. The Morgan fingerprint density at radius 1 is 1.36 bits per heavy atom. The van der Waals surface area contributed by atoms with E-state index in [1.54, 1.807) is 30.2 Å². The number of aliphatic hydroxyl groups is 1. The van der Waals surface area contributed by atoms with Gasteiger partial charge in [-0.05, 0) is 24.1 Å². The summed E-state index contributed by atoms with van der Waals surface area (Å²) in [7, 11) is 1.55. The van der Waals surface area contributed by atoms with Gasteiger partial charge >= 0.3 is 0 Å². The summed E-state index contributed by atoms with van der Waals surface area (Å²) in [6.07, 6.45) is 0. The minimum Gasteiger partial charge on any atom is -0.496 e. The molecule has 0 unspecified atom stereocenters. The lowest BCUT2D eigenvalue weighted by molar-refractivity contribution is -0.118. The number of methoxy groups -OCH3 is 1. The Hall–Kier alpha value is -0.950. The molecular formula is C15H23ClF2N2O2. The van der Waals surface area contributed by atoms with E-state index in [-0.39, 0.29) is 12.4 Å². The Kier molecular flexibility index (Phi) is 6.99. The molecule has 126 valence electrons. The molecule has 2 rings (SSSR count). The topological polar surface area (TPSA) is 44.7 Å². The number of ether oxygens (including phenoxy) is 1. The third-order valence-electron chi connectivity index (χ3n) is 3.86. The molecule has 0 spiro atoms. The normalized spacial score (nSPS) is 17.7. The van der Waals surface area contributed by atoms with Crippen molar-refractivity contribution in [2.24, 2.45) is 0 Å². The second kappa shape index (κ2) is 8.06. The Morgan fingerprint density at radius 3 is 2.50 bits per heavy atom. The number of nitrogens with one attached hydrogen (secondary N) is 1. The average Bonchev–Trinajstić information content (AvgIpc) is 2.48. The maximum atomic E-state index is 14.3. The van der Waals surface area contributed by atoms with E-state index in [1.165, 1.54) is 0 Å². The first-order valence-corrected chi connectivity index (χ1v) is 7.07. The van der Waals surface area contributed by atoms with E-state index in [1.807, 2.05) is 6.92 Å². The van der Waals surface area contributed by atoms with Crippen LogP contribution in [0.1, 0.15) is 17.2 Å². The number of aryl methyl sites for hydroxylation is 1. The first kappa shape index (κ1) is 19.1. The van der Waals surface area contributed by atoms with Crippen LogP contribution in [0.15, 0.2) is 18.2 Å². The number of hydrogen-bond donors (Lipinski definition) is 2. The number of alkyl halides is 2. The van der Waals surface area contributed by atoms with Gasteiger partial charge in [-0.15, -0.1) is 12.4 Å². The first-order valence-electron chi connectivity index (χ1n) is 7.07. The van der Waals surface area contributed by atoms with Crippen LogP contribution < -0.4 is 10.1 Å². The van der Waals surface area contributed by atoms with Crippen molar-refractivity contribution in [3.8, 4) is 5.75 Å². The second-order valence-electron chi connectivity index (χ2n) is 5.34. The Bertz CT molecular complexity index is 483. The zero-order valence-electron chi connectivity index (χ0n) is 12.8. The summed E-state index contributed by atoms with van der Waals surface area (Å²) in [6, 6.07) is 3.96. The van der Waals surface area contributed by atoms with Crippen LogP contribution in [0.5, 0.6) is 5.75 Å². The second-order valence-corrected chi connectivity index (χ2v) is 5.34. The molecule has 1 aromatic carbocycles. The Labute approximate surface area is 135 Å². The van der Waals surface area contributed by atoms with Gasteiger partial charge in [0.25, 0.3) is 5.92 Å². The van der Waals surface area contributed by atoms with Crippen LogP contribution in [-0.2, 0) is 0 Å². The summed E-state index contributed by atoms with van der Waals surface area (Å²) in [4.78, 5) is 1.73. The van der Waals surface area contributed by atoms with Crippen molar-refractivity contribution in [2.45, 2.75) is 18.9 Å². The van der Waals surface area contributed by atoms with Crippen LogP contribution in [0.4, 0.5) is 8.78 Å². The zero-order valence-corrected chi connectivity index (χ0v) is 13.6. The van der Waals surface area contributed by atoms with Crippen LogP contribution in [0.2, 0.25) is 0 Å². The van der Waals surface area contributed by atoms with E-state index in [0.717, 1.165) is 5.56 Å². The van der Waals surface area contributed by atoms with Gasteiger partial charge < -0.3 is 15.2 Å². The molecular weight excluding hydrogens is 314 g/mol. The third kappa shape index (κ3) is 4.07. The maximum Gasteiger partial charge on any atom is 0.289 e. The summed E-state index contributed by atoms with van der Waals surface area (Å²) in [6.45, 7) is 3.08. The minimum atomic E-state index is -3.18. The molecule has 2 N–H and O–H groups in total. The molecule has 1 saturated heterocycles. The zero-order chi connectivity index (χ0) is 15.5. The average molecular weight is 337 g/mol. The SMILES string of the molecule is COc1ccc([C@H](N2CCNCC2)C(F)(F)CO)cc1C.Cl. The molecule has 1 aromatic rings. The molecule has 0 bridgehead atoms. The molecule has 0 amide bonds. The van der Waals surface area contributed by atoms with Gasteiger partial charge in [-0.3, -0.25) is 4.90 Å². The monoisotopic (exact) mass is 336 g/mol. The van der Waals surface area contributed by atoms with E-state index in [0.29, 0.717) is 37.5 Å². The summed E-state index contributed by atoms with van der Waals surface area (Å²) < 4.78 is 33.7. The molecule has 0 saturated carbocycles. The molecule has 1 fully saturated rings. The highest BCUT2D eigenvalue weighted by Gasteiger charge is 2.44. The fourth-order valence-electron chi connectivity index (χ4n) is 2.82. The predicted octanol–water partition coefficient (Wildman–Crippen LogP) is 2.00. The fraction of sp³-hybridized carbons (Fsp3) is 0.600. The summed E-state index contributed by atoms with van der Waals surface area (Å²) in [5, 5.41) is 12.3. The van der Waals surface area contributed by atoms with Crippen molar-refractivity contribution in [2.75, 3.05) is 39.9 Å². The number of hydrogen-bond acceptors (Lipinski definition) is 4. The Balaban J connectivity index is 0.00000242. The third-order valence-corrected chi connectivity index (χ3v) is 3.86. The van der Waals surface area contributed by atoms with E-state index >= 15 is 0 Å². The maximum absolute atomic E-state index is 14.3.